The van der Waals surface area contributed by atoms with Crippen molar-refractivity contribution in [3.8, 4) is 0 Å². The molecule has 0 bridgehead atoms. The average Bonchev–Trinajstić information content (AvgIpc) is 3.48. The maximum Gasteiger partial charge on any atom is 0.409 e. The van der Waals surface area contributed by atoms with Crippen LogP contribution in [0.25, 0.3) is 0 Å². The molecule has 2 fully saturated rings. The molecule has 0 saturated carbocycles. The van der Waals surface area contributed by atoms with Crippen LogP contribution in [0.4, 0.5) is 4.79 Å². The molecule has 0 aromatic heterocycles. The van der Waals surface area contributed by atoms with Crippen LogP contribution in [-0.4, -0.2) is 101 Å². The van der Waals surface area contributed by atoms with Crippen LogP contribution in [0, 0.1) is 5.92 Å². The number of nitrogens with zero attached hydrogens (tertiary/aromatic N) is 3. The Bertz CT molecular complexity index is 1160. The van der Waals surface area contributed by atoms with Gasteiger partial charge in [0, 0.05) is 38.2 Å². The molecule has 1 aromatic rings. The SMILES string of the molecule is C/C(=C\[C@H](C(C)C)N(C)C(=O)CNC(=O)OC1CCCCN1C(C)C)C(=O)N1CCCC1C(=O)NC(O)Cc1ccccc1. The van der Waals surface area contributed by atoms with Gasteiger partial charge in [0.15, 0.2) is 6.23 Å². The smallest absolute Gasteiger partial charge is 0.409 e. The maximum atomic E-state index is 13.5. The quantitative estimate of drug-likeness (QED) is 0.244. The lowest BCUT2D eigenvalue weighted by Crippen LogP contribution is -2.50. The zero-order chi connectivity index (χ0) is 32.4. The number of amides is 4. The van der Waals surface area contributed by atoms with Crippen LogP contribution >= 0.6 is 0 Å². The fourth-order valence-electron chi connectivity index (χ4n) is 5.98. The molecule has 11 heteroatoms. The first-order valence-corrected chi connectivity index (χ1v) is 15.9. The molecule has 2 aliphatic rings. The third-order valence-corrected chi connectivity index (χ3v) is 8.46. The highest BCUT2D eigenvalue weighted by Gasteiger charge is 2.36. The van der Waals surface area contributed by atoms with Gasteiger partial charge in [-0.3, -0.25) is 19.3 Å². The minimum Gasteiger partial charge on any atom is -0.430 e. The van der Waals surface area contributed by atoms with Gasteiger partial charge in [-0.15, -0.1) is 0 Å². The van der Waals surface area contributed by atoms with Gasteiger partial charge in [0.25, 0.3) is 0 Å². The lowest BCUT2D eigenvalue weighted by atomic mass is 9.99. The first-order chi connectivity index (χ1) is 20.9. The summed E-state index contributed by atoms with van der Waals surface area (Å²) in [4.78, 5) is 57.4. The topological polar surface area (TPSA) is 132 Å². The fourth-order valence-corrected chi connectivity index (χ4v) is 5.98. The number of aliphatic hydroxyl groups is 1. The number of piperidine rings is 1. The Morgan fingerprint density at radius 1 is 1.05 bits per heavy atom. The molecule has 3 N–H and O–H groups in total. The summed E-state index contributed by atoms with van der Waals surface area (Å²) in [6.45, 7) is 10.8. The molecule has 44 heavy (non-hydrogen) atoms. The van der Waals surface area contributed by atoms with E-state index in [1.54, 1.807) is 24.9 Å². The lowest BCUT2D eigenvalue weighted by Gasteiger charge is -2.37. The Kier molecular flexibility index (Phi) is 13.2. The van der Waals surface area contributed by atoms with E-state index in [1.807, 2.05) is 44.2 Å². The molecule has 244 valence electrons. The highest BCUT2D eigenvalue weighted by Crippen LogP contribution is 2.23. The van der Waals surface area contributed by atoms with Crippen LogP contribution in [0.15, 0.2) is 42.0 Å². The van der Waals surface area contributed by atoms with E-state index in [1.165, 1.54) is 4.90 Å². The summed E-state index contributed by atoms with van der Waals surface area (Å²) in [7, 11) is 1.65. The number of hydrogen-bond donors (Lipinski definition) is 3. The predicted octanol–water partition coefficient (Wildman–Crippen LogP) is 3.03. The molecule has 1 aromatic carbocycles. The zero-order valence-electron chi connectivity index (χ0n) is 27.1. The van der Waals surface area contributed by atoms with Crippen molar-refractivity contribution in [2.75, 3.05) is 26.7 Å². The fraction of sp³-hybridized carbons (Fsp3) is 0.636. The van der Waals surface area contributed by atoms with Crippen molar-refractivity contribution in [2.45, 2.75) is 104 Å². The Morgan fingerprint density at radius 2 is 1.75 bits per heavy atom. The van der Waals surface area contributed by atoms with Crippen LogP contribution in [-0.2, 0) is 25.5 Å². The molecule has 11 nitrogen and oxygen atoms in total. The van der Waals surface area contributed by atoms with Crippen molar-refractivity contribution in [1.29, 1.82) is 0 Å². The maximum absolute atomic E-state index is 13.5. The predicted molar refractivity (Wildman–Crippen MR) is 168 cm³/mol. The number of ether oxygens (including phenoxy) is 1. The molecule has 0 spiro atoms. The molecular weight excluding hydrogens is 562 g/mol. The number of hydrogen-bond acceptors (Lipinski definition) is 7. The second kappa shape index (κ2) is 16.6. The number of likely N-dealkylation sites (N-methyl/N-ethyl adjacent to an activating group) is 1. The highest BCUT2D eigenvalue weighted by molar-refractivity contribution is 5.97. The van der Waals surface area contributed by atoms with Crippen molar-refractivity contribution in [1.82, 2.24) is 25.3 Å². The van der Waals surface area contributed by atoms with E-state index in [-0.39, 0.29) is 48.9 Å². The van der Waals surface area contributed by atoms with Crippen LogP contribution in [0.3, 0.4) is 0 Å². The number of carbonyl (C=O) groups is 4. The number of rotatable bonds is 12. The minimum atomic E-state index is -1.06. The van der Waals surface area contributed by atoms with Crippen molar-refractivity contribution < 1.29 is 29.0 Å². The molecule has 4 amide bonds. The number of carbonyl (C=O) groups excluding carboxylic acids is 4. The normalized spacial score (nSPS) is 20.8. The largest absolute Gasteiger partial charge is 0.430 e. The summed E-state index contributed by atoms with van der Waals surface area (Å²) in [6, 6.07) is 8.53. The highest BCUT2D eigenvalue weighted by atomic mass is 16.6. The molecule has 2 saturated heterocycles. The van der Waals surface area contributed by atoms with Gasteiger partial charge in [0.2, 0.25) is 17.7 Å². The Labute approximate surface area is 262 Å². The van der Waals surface area contributed by atoms with Crippen LogP contribution in [0.1, 0.15) is 72.3 Å². The van der Waals surface area contributed by atoms with Crippen LogP contribution in [0.2, 0.25) is 0 Å². The molecule has 4 atom stereocenters. The van der Waals surface area contributed by atoms with E-state index >= 15 is 0 Å². The van der Waals surface area contributed by atoms with Gasteiger partial charge in [0.1, 0.15) is 18.8 Å². The Hall–Kier alpha value is -3.44. The van der Waals surface area contributed by atoms with E-state index in [0.717, 1.165) is 31.4 Å². The molecule has 3 unspecified atom stereocenters. The lowest BCUT2D eigenvalue weighted by molar-refractivity contribution is -0.137. The van der Waals surface area contributed by atoms with Crippen molar-refractivity contribution in [3.63, 3.8) is 0 Å². The minimum absolute atomic E-state index is 0.0219. The summed E-state index contributed by atoms with van der Waals surface area (Å²) >= 11 is 0. The Balaban J connectivity index is 1.57. The first kappa shape index (κ1) is 35.0. The van der Waals surface area contributed by atoms with Crippen molar-refractivity contribution in [2.24, 2.45) is 5.92 Å². The van der Waals surface area contributed by atoms with E-state index in [0.29, 0.717) is 25.0 Å². The third kappa shape index (κ3) is 9.79. The van der Waals surface area contributed by atoms with Gasteiger partial charge in [-0.1, -0.05) is 50.3 Å². The number of alkyl carbamates (subject to hydrolysis) is 1. The van der Waals surface area contributed by atoms with Crippen LogP contribution in [0.5, 0.6) is 0 Å². The number of likely N-dealkylation sites (tertiary alicyclic amines) is 2. The molecule has 2 aliphatic heterocycles. The van der Waals surface area contributed by atoms with Gasteiger partial charge >= 0.3 is 6.09 Å². The van der Waals surface area contributed by atoms with E-state index < -0.39 is 24.4 Å². The third-order valence-electron chi connectivity index (χ3n) is 8.46. The summed E-state index contributed by atoms with van der Waals surface area (Å²) in [6.07, 6.45) is 4.03. The molecule has 3 rings (SSSR count). The van der Waals surface area contributed by atoms with Gasteiger partial charge in [-0.25, -0.2) is 4.79 Å². The van der Waals surface area contributed by atoms with Crippen molar-refractivity contribution >= 4 is 23.8 Å². The summed E-state index contributed by atoms with van der Waals surface area (Å²) in [5.74, 6) is -1.00. The van der Waals surface area contributed by atoms with Crippen LogP contribution < -0.4 is 10.6 Å². The second-order valence-corrected chi connectivity index (χ2v) is 12.5. The van der Waals surface area contributed by atoms with E-state index in [4.69, 9.17) is 4.74 Å². The van der Waals surface area contributed by atoms with Gasteiger partial charge in [0.05, 0.1) is 6.04 Å². The second-order valence-electron chi connectivity index (χ2n) is 12.5. The molecule has 0 radical (unpaired) electrons. The standard InChI is InChI=1S/C33H51N5O6/c1-22(2)27(36(6)29(40)21-34-33(43)44-30-16-10-11-17-37(30)23(3)4)19-24(5)32(42)38-18-12-15-26(38)31(41)35-28(39)20-25-13-8-7-9-14-25/h7-9,13-14,19,22-23,26-28,30,39H,10-12,15-18,20-21H2,1-6H3,(H,34,43)(H,35,41)/b24-19+/t26?,27-,28?,30?/m1/s1. The van der Waals surface area contributed by atoms with Gasteiger partial charge in [-0.05, 0) is 64.4 Å². The summed E-state index contributed by atoms with van der Waals surface area (Å²) in [5, 5.41) is 15.7. The number of benzene rings is 1. The molecular formula is C33H51N5O6. The van der Waals surface area contributed by atoms with Gasteiger partial charge < -0.3 is 30.3 Å². The summed E-state index contributed by atoms with van der Waals surface area (Å²) < 4.78 is 5.63. The first-order valence-electron chi connectivity index (χ1n) is 15.9. The van der Waals surface area contributed by atoms with Crippen molar-refractivity contribution in [3.05, 3.63) is 47.5 Å². The monoisotopic (exact) mass is 613 g/mol. The summed E-state index contributed by atoms with van der Waals surface area (Å²) in [5.41, 5.74) is 1.32. The number of nitrogens with one attached hydrogen (secondary N) is 2. The Morgan fingerprint density at radius 3 is 2.41 bits per heavy atom. The average molecular weight is 614 g/mol. The van der Waals surface area contributed by atoms with Gasteiger partial charge in [-0.2, -0.15) is 0 Å². The number of aliphatic hydroxyl groups excluding tert-OH is 1. The molecule has 2 heterocycles. The zero-order valence-corrected chi connectivity index (χ0v) is 27.1. The van der Waals surface area contributed by atoms with E-state index in [2.05, 4.69) is 29.4 Å². The van der Waals surface area contributed by atoms with E-state index in [9.17, 15) is 24.3 Å². The molecule has 0 aliphatic carbocycles.